The molecule has 1 fully saturated rings. The highest BCUT2D eigenvalue weighted by atomic mass is 32.2. The van der Waals surface area contributed by atoms with Gasteiger partial charge in [0.2, 0.25) is 10.0 Å². The summed E-state index contributed by atoms with van der Waals surface area (Å²) < 4.78 is 30.3. The Labute approximate surface area is 109 Å². The number of sulfonamides is 1. The highest BCUT2D eigenvalue weighted by Gasteiger charge is 2.30. The first-order valence-corrected chi connectivity index (χ1v) is 7.88. The third-order valence-electron chi connectivity index (χ3n) is 3.21. The lowest BCUT2D eigenvalue weighted by molar-refractivity contribution is -0.140. The third kappa shape index (κ3) is 4.22. The standard InChI is InChI=1S/C11H22N2O4S/c1-17-11(14)6-4-8-18(15,16)13-7-3-2-5-10(13)9-12/h10H,2-9,12H2,1H3. The van der Waals surface area contributed by atoms with Crippen LogP contribution in [0, 0.1) is 0 Å². The van der Waals surface area contributed by atoms with E-state index in [2.05, 4.69) is 4.74 Å². The Kier molecular flexibility index (Phi) is 6.04. The Balaban J connectivity index is 2.53. The first-order valence-electron chi connectivity index (χ1n) is 6.27. The van der Waals surface area contributed by atoms with Gasteiger partial charge in [0.05, 0.1) is 12.9 Å². The summed E-state index contributed by atoms with van der Waals surface area (Å²) in [7, 11) is -2.01. The molecule has 0 bridgehead atoms. The second-order valence-electron chi connectivity index (χ2n) is 4.49. The number of methoxy groups -OCH3 is 1. The third-order valence-corrected chi connectivity index (χ3v) is 5.21. The van der Waals surface area contributed by atoms with Crippen molar-refractivity contribution in [3.63, 3.8) is 0 Å². The van der Waals surface area contributed by atoms with Gasteiger partial charge in [0.1, 0.15) is 0 Å². The molecule has 1 atom stereocenters. The average molecular weight is 278 g/mol. The van der Waals surface area contributed by atoms with Crippen LogP contribution in [-0.2, 0) is 19.6 Å². The van der Waals surface area contributed by atoms with E-state index < -0.39 is 10.0 Å². The normalized spacial score (nSPS) is 21.8. The number of nitrogens with zero attached hydrogens (tertiary/aromatic N) is 1. The van der Waals surface area contributed by atoms with E-state index >= 15 is 0 Å². The summed E-state index contributed by atoms with van der Waals surface area (Å²) in [4.78, 5) is 10.9. The predicted molar refractivity (Wildman–Crippen MR) is 68.4 cm³/mol. The van der Waals surface area contributed by atoms with Gasteiger partial charge in [0.15, 0.2) is 0 Å². The molecule has 106 valence electrons. The predicted octanol–water partition coefficient (Wildman–Crippen LogP) is 0.0826. The van der Waals surface area contributed by atoms with Crippen molar-refractivity contribution >= 4 is 16.0 Å². The summed E-state index contributed by atoms with van der Waals surface area (Å²) in [6.07, 6.45) is 3.16. The maximum Gasteiger partial charge on any atom is 0.305 e. The Morgan fingerprint density at radius 3 is 2.78 bits per heavy atom. The second-order valence-corrected chi connectivity index (χ2v) is 6.53. The molecule has 1 aliphatic heterocycles. The largest absolute Gasteiger partial charge is 0.469 e. The van der Waals surface area contributed by atoms with Gasteiger partial charge in [-0.25, -0.2) is 8.42 Å². The van der Waals surface area contributed by atoms with Crippen LogP contribution in [0.15, 0.2) is 0 Å². The number of hydrogen-bond acceptors (Lipinski definition) is 5. The van der Waals surface area contributed by atoms with Crippen LogP contribution in [0.25, 0.3) is 0 Å². The van der Waals surface area contributed by atoms with Crippen molar-refractivity contribution in [3.8, 4) is 0 Å². The lowest BCUT2D eigenvalue weighted by atomic mass is 10.1. The van der Waals surface area contributed by atoms with Gasteiger partial charge in [-0.3, -0.25) is 4.79 Å². The molecule has 1 heterocycles. The zero-order valence-electron chi connectivity index (χ0n) is 10.8. The molecule has 18 heavy (non-hydrogen) atoms. The zero-order chi connectivity index (χ0) is 13.6. The van der Waals surface area contributed by atoms with Gasteiger partial charge in [0, 0.05) is 25.6 Å². The van der Waals surface area contributed by atoms with Crippen molar-refractivity contribution in [3.05, 3.63) is 0 Å². The van der Waals surface area contributed by atoms with Crippen molar-refractivity contribution in [2.45, 2.75) is 38.1 Å². The second kappa shape index (κ2) is 7.06. The van der Waals surface area contributed by atoms with Crippen LogP contribution in [0.5, 0.6) is 0 Å². The van der Waals surface area contributed by atoms with E-state index in [0.29, 0.717) is 19.5 Å². The maximum absolute atomic E-state index is 12.1. The minimum absolute atomic E-state index is 0.0153. The molecular weight excluding hydrogens is 256 g/mol. The van der Waals surface area contributed by atoms with Gasteiger partial charge < -0.3 is 10.5 Å². The maximum atomic E-state index is 12.1. The van der Waals surface area contributed by atoms with E-state index in [9.17, 15) is 13.2 Å². The number of carbonyl (C=O) groups is 1. The van der Waals surface area contributed by atoms with Gasteiger partial charge in [0.25, 0.3) is 0 Å². The van der Waals surface area contributed by atoms with Gasteiger partial charge in [-0.2, -0.15) is 4.31 Å². The molecule has 0 amide bonds. The van der Waals surface area contributed by atoms with Crippen LogP contribution in [0.4, 0.5) is 0 Å². The minimum atomic E-state index is -3.30. The molecule has 2 N–H and O–H groups in total. The summed E-state index contributed by atoms with van der Waals surface area (Å²) in [5.74, 6) is -0.391. The van der Waals surface area contributed by atoms with Crippen LogP contribution in [-0.4, -0.2) is 50.7 Å². The molecule has 0 aromatic rings. The molecule has 6 nitrogen and oxygen atoms in total. The minimum Gasteiger partial charge on any atom is -0.469 e. The first-order chi connectivity index (χ1) is 8.51. The molecule has 1 aliphatic rings. The SMILES string of the molecule is COC(=O)CCCS(=O)(=O)N1CCCCC1CN. The van der Waals surface area contributed by atoms with Gasteiger partial charge in [-0.15, -0.1) is 0 Å². The van der Waals surface area contributed by atoms with Crippen molar-refractivity contribution in [2.75, 3.05) is 26.0 Å². The smallest absolute Gasteiger partial charge is 0.305 e. The van der Waals surface area contributed by atoms with E-state index in [1.807, 2.05) is 0 Å². The lowest BCUT2D eigenvalue weighted by Crippen LogP contribution is -2.48. The fourth-order valence-corrected chi connectivity index (χ4v) is 3.99. The molecule has 0 aliphatic carbocycles. The number of hydrogen-bond donors (Lipinski definition) is 1. The molecule has 0 radical (unpaired) electrons. The first kappa shape index (κ1) is 15.4. The van der Waals surface area contributed by atoms with E-state index in [0.717, 1.165) is 19.3 Å². The summed E-state index contributed by atoms with van der Waals surface area (Å²) in [5.41, 5.74) is 5.61. The van der Waals surface area contributed by atoms with Crippen molar-refractivity contribution in [2.24, 2.45) is 5.73 Å². The molecule has 1 unspecified atom stereocenters. The fourth-order valence-electron chi connectivity index (χ4n) is 2.19. The van der Waals surface area contributed by atoms with Crippen molar-refractivity contribution in [1.82, 2.24) is 4.31 Å². The Morgan fingerprint density at radius 1 is 1.44 bits per heavy atom. The van der Waals surface area contributed by atoms with E-state index in [-0.39, 0.29) is 24.2 Å². The van der Waals surface area contributed by atoms with Crippen LogP contribution >= 0.6 is 0 Å². The van der Waals surface area contributed by atoms with E-state index in [4.69, 9.17) is 5.73 Å². The van der Waals surface area contributed by atoms with Gasteiger partial charge >= 0.3 is 5.97 Å². The van der Waals surface area contributed by atoms with Gasteiger partial charge in [-0.1, -0.05) is 6.42 Å². The average Bonchev–Trinajstić information content (AvgIpc) is 2.38. The van der Waals surface area contributed by atoms with Crippen molar-refractivity contribution < 1.29 is 17.9 Å². The number of rotatable bonds is 6. The van der Waals surface area contributed by atoms with Crippen LogP contribution < -0.4 is 5.73 Å². The summed E-state index contributed by atoms with van der Waals surface area (Å²) in [5, 5.41) is 0. The highest BCUT2D eigenvalue weighted by Crippen LogP contribution is 2.20. The molecular formula is C11H22N2O4S. The fraction of sp³-hybridized carbons (Fsp3) is 0.909. The van der Waals surface area contributed by atoms with Crippen LogP contribution in [0.2, 0.25) is 0 Å². The van der Waals surface area contributed by atoms with Gasteiger partial charge in [-0.05, 0) is 19.3 Å². The summed E-state index contributed by atoms with van der Waals surface area (Å²) >= 11 is 0. The lowest BCUT2D eigenvalue weighted by Gasteiger charge is -2.33. The Hall–Kier alpha value is -0.660. The topological polar surface area (TPSA) is 89.7 Å². The molecule has 1 saturated heterocycles. The monoisotopic (exact) mass is 278 g/mol. The molecule has 7 heteroatoms. The zero-order valence-corrected chi connectivity index (χ0v) is 11.6. The Morgan fingerprint density at radius 2 is 2.17 bits per heavy atom. The number of carbonyl (C=O) groups excluding carboxylic acids is 1. The molecule has 0 saturated carbocycles. The molecule has 0 spiro atoms. The Bertz CT molecular complexity index is 369. The quantitative estimate of drug-likeness (QED) is 0.695. The number of esters is 1. The summed E-state index contributed by atoms with van der Waals surface area (Å²) in [6.45, 7) is 0.901. The number of nitrogens with two attached hydrogens (primary N) is 1. The van der Waals surface area contributed by atoms with E-state index in [1.54, 1.807) is 0 Å². The van der Waals surface area contributed by atoms with Crippen LogP contribution in [0.3, 0.4) is 0 Å². The summed E-state index contributed by atoms with van der Waals surface area (Å²) in [6, 6.07) is -0.0816. The van der Waals surface area contributed by atoms with Crippen LogP contribution in [0.1, 0.15) is 32.1 Å². The molecule has 0 aromatic heterocycles. The molecule has 1 rings (SSSR count). The van der Waals surface area contributed by atoms with Crippen molar-refractivity contribution in [1.29, 1.82) is 0 Å². The molecule has 0 aromatic carbocycles. The number of ether oxygens (including phenoxy) is 1. The van der Waals surface area contributed by atoms with E-state index in [1.165, 1.54) is 11.4 Å². The highest BCUT2D eigenvalue weighted by molar-refractivity contribution is 7.89. The number of piperidine rings is 1.